The summed E-state index contributed by atoms with van der Waals surface area (Å²) >= 11 is 0. The Balaban J connectivity index is 2.56. The molecule has 0 aromatic carbocycles. The molecule has 1 aliphatic rings. The molecule has 2 heteroatoms. The first-order valence-electron chi connectivity index (χ1n) is 5.33. The molecule has 13 heavy (non-hydrogen) atoms. The van der Waals surface area contributed by atoms with Gasteiger partial charge in [0.2, 0.25) is 0 Å². The van der Waals surface area contributed by atoms with E-state index in [1.165, 1.54) is 13.1 Å². The molecular weight excluding hydrogens is 162 g/mol. The summed E-state index contributed by atoms with van der Waals surface area (Å²) in [7, 11) is 1.84. The molecule has 1 saturated heterocycles. The van der Waals surface area contributed by atoms with Crippen LogP contribution in [0.4, 0.5) is 0 Å². The molecule has 0 N–H and O–H groups in total. The molecule has 0 aromatic rings. The minimum absolute atomic E-state index is 0.454. The number of likely N-dealkylation sites (tertiary alicyclic amines) is 1. The Morgan fingerprint density at radius 3 is 1.92 bits per heavy atom. The van der Waals surface area contributed by atoms with Gasteiger partial charge in [0.05, 0.1) is 6.10 Å². The van der Waals surface area contributed by atoms with Gasteiger partial charge in [0.15, 0.2) is 0 Å². The maximum Gasteiger partial charge on any atom is 0.0646 e. The van der Waals surface area contributed by atoms with Gasteiger partial charge in [0, 0.05) is 26.2 Å². The fourth-order valence-electron chi connectivity index (χ4n) is 2.47. The lowest BCUT2D eigenvalue weighted by Gasteiger charge is -2.42. The number of hydrogen-bond acceptors (Lipinski definition) is 2. The van der Waals surface area contributed by atoms with Gasteiger partial charge in [-0.25, -0.2) is 0 Å². The molecule has 0 aromatic heterocycles. The maximum absolute atomic E-state index is 5.52. The number of piperidine rings is 1. The quantitative estimate of drug-likeness (QED) is 0.652. The van der Waals surface area contributed by atoms with E-state index in [0.29, 0.717) is 24.0 Å². The highest BCUT2D eigenvalue weighted by molar-refractivity contribution is 4.84. The third kappa shape index (κ3) is 2.44. The van der Waals surface area contributed by atoms with Crippen molar-refractivity contribution in [2.45, 2.75) is 39.8 Å². The van der Waals surface area contributed by atoms with Crippen LogP contribution in [0.15, 0.2) is 0 Å². The molecule has 1 rings (SSSR count). The number of methoxy groups -OCH3 is 1. The summed E-state index contributed by atoms with van der Waals surface area (Å²) < 4.78 is 5.52. The Bertz CT molecular complexity index is 146. The van der Waals surface area contributed by atoms with Crippen molar-refractivity contribution in [3.05, 3.63) is 0 Å². The van der Waals surface area contributed by atoms with Crippen LogP contribution in [0.25, 0.3) is 0 Å². The molecule has 1 aliphatic heterocycles. The van der Waals surface area contributed by atoms with Crippen LogP contribution in [0.1, 0.15) is 27.7 Å². The molecule has 0 amide bonds. The summed E-state index contributed by atoms with van der Waals surface area (Å²) in [6.45, 7) is 11.5. The number of hydrogen-bond donors (Lipinski definition) is 0. The largest absolute Gasteiger partial charge is 0.381 e. The van der Waals surface area contributed by atoms with E-state index in [0.717, 1.165) is 0 Å². The second kappa shape index (κ2) is 4.43. The van der Waals surface area contributed by atoms with Crippen molar-refractivity contribution in [3.63, 3.8) is 0 Å². The van der Waals surface area contributed by atoms with Crippen molar-refractivity contribution in [2.24, 2.45) is 11.8 Å². The van der Waals surface area contributed by atoms with E-state index in [4.69, 9.17) is 4.74 Å². The van der Waals surface area contributed by atoms with Gasteiger partial charge >= 0.3 is 0 Å². The van der Waals surface area contributed by atoms with E-state index in [9.17, 15) is 0 Å². The molecule has 0 aliphatic carbocycles. The highest BCUT2D eigenvalue weighted by atomic mass is 16.5. The van der Waals surface area contributed by atoms with Crippen molar-refractivity contribution in [3.8, 4) is 0 Å². The van der Waals surface area contributed by atoms with Gasteiger partial charge in [-0.05, 0) is 25.7 Å². The first-order valence-corrected chi connectivity index (χ1v) is 5.33. The highest BCUT2D eigenvalue weighted by Gasteiger charge is 2.32. The standard InChI is InChI=1S/C11H23NO/c1-8(2)12-6-9(3)11(13-5)10(4)7-12/h8-11H,6-7H2,1-5H3. The molecule has 1 heterocycles. The van der Waals surface area contributed by atoms with Crippen LogP contribution in [0.5, 0.6) is 0 Å². The summed E-state index contributed by atoms with van der Waals surface area (Å²) in [4.78, 5) is 2.55. The zero-order valence-corrected chi connectivity index (χ0v) is 9.58. The zero-order valence-electron chi connectivity index (χ0n) is 9.58. The molecule has 1 fully saturated rings. The summed E-state index contributed by atoms with van der Waals surface area (Å²) in [5.74, 6) is 1.33. The molecule has 0 spiro atoms. The third-order valence-corrected chi connectivity index (χ3v) is 3.17. The summed E-state index contributed by atoms with van der Waals surface area (Å²) in [6, 6.07) is 0.669. The van der Waals surface area contributed by atoms with Crippen molar-refractivity contribution < 1.29 is 4.74 Å². The van der Waals surface area contributed by atoms with E-state index in [-0.39, 0.29) is 0 Å². The molecule has 0 bridgehead atoms. The van der Waals surface area contributed by atoms with Gasteiger partial charge in [-0.1, -0.05) is 13.8 Å². The molecular formula is C11H23NO. The minimum Gasteiger partial charge on any atom is -0.381 e. The lowest BCUT2D eigenvalue weighted by molar-refractivity contribution is -0.0448. The Morgan fingerprint density at radius 1 is 1.15 bits per heavy atom. The fourth-order valence-corrected chi connectivity index (χ4v) is 2.47. The maximum atomic E-state index is 5.52. The molecule has 2 atom stereocenters. The Morgan fingerprint density at radius 2 is 1.62 bits per heavy atom. The molecule has 2 unspecified atom stereocenters. The van der Waals surface area contributed by atoms with Gasteiger partial charge in [-0.3, -0.25) is 0 Å². The number of rotatable bonds is 2. The topological polar surface area (TPSA) is 12.5 Å². The highest BCUT2D eigenvalue weighted by Crippen LogP contribution is 2.25. The SMILES string of the molecule is COC1C(C)CN(C(C)C)CC1C. The number of nitrogens with zero attached hydrogens (tertiary/aromatic N) is 1. The minimum atomic E-state index is 0.454. The predicted octanol–water partition coefficient (Wildman–Crippen LogP) is 2.00. The van der Waals surface area contributed by atoms with Gasteiger partial charge in [-0.2, -0.15) is 0 Å². The van der Waals surface area contributed by atoms with Gasteiger partial charge in [0.1, 0.15) is 0 Å². The van der Waals surface area contributed by atoms with Gasteiger partial charge < -0.3 is 9.64 Å². The number of ether oxygens (including phenoxy) is 1. The second-order valence-electron chi connectivity index (χ2n) is 4.70. The van der Waals surface area contributed by atoms with E-state index < -0.39 is 0 Å². The van der Waals surface area contributed by atoms with Crippen LogP contribution >= 0.6 is 0 Å². The van der Waals surface area contributed by atoms with Gasteiger partial charge in [-0.15, -0.1) is 0 Å². The summed E-state index contributed by atoms with van der Waals surface area (Å²) in [5, 5.41) is 0. The summed E-state index contributed by atoms with van der Waals surface area (Å²) in [6.07, 6.45) is 0.454. The van der Waals surface area contributed by atoms with E-state index in [1.807, 2.05) is 7.11 Å². The van der Waals surface area contributed by atoms with Crippen LogP contribution < -0.4 is 0 Å². The molecule has 78 valence electrons. The second-order valence-corrected chi connectivity index (χ2v) is 4.70. The predicted molar refractivity (Wildman–Crippen MR) is 55.8 cm³/mol. The lowest BCUT2D eigenvalue weighted by atomic mass is 9.87. The molecule has 0 saturated carbocycles. The summed E-state index contributed by atoms with van der Waals surface area (Å²) in [5.41, 5.74) is 0. The van der Waals surface area contributed by atoms with Crippen molar-refractivity contribution >= 4 is 0 Å². The first kappa shape index (κ1) is 11.0. The average molecular weight is 185 g/mol. The van der Waals surface area contributed by atoms with Crippen molar-refractivity contribution in [1.82, 2.24) is 4.90 Å². The first-order chi connectivity index (χ1) is 6.06. The molecule has 2 nitrogen and oxygen atoms in total. The van der Waals surface area contributed by atoms with Crippen LogP contribution in [0.3, 0.4) is 0 Å². The monoisotopic (exact) mass is 185 g/mol. The van der Waals surface area contributed by atoms with E-state index in [1.54, 1.807) is 0 Å². The van der Waals surface area contributed by atoms with Crippen molar-refractivity contribution in [2.75, 3.05) is 20.2 Å². The fraction of sp³-hybridized carbons (Fsp3) is 1.00. The Kier molecular flexibility index (Phi) is 3.74. The van der Waals surface area contributed by atoms with Crippen molar-refractivity contribution in [1.29, 1.82) is 0 Å². The third-order valence-electron chi connectivity index (χ3n) is 3.17. The normalized spacial score (nSPS) is 36.9. The lowest BCUT2D eigenvalue weighted by Crippen LogP contribution is -2.50. The molecule has 0 radical (unpaired) electrons. The van der Waals surface area contributed by atoms with Crippen LogP contribution in [0.2, 0.25) is 0 Å². The van der Waals surface area contributed by atoms with E-state index in [2.05, 4.69) is 32.6 Å². The Labute approximate surface area is 82.3 Å². The smallest absolute Gasteiger partial charge is 0.0646 e. The van der Waals surface area contributed by atoms with Crippen LogP contribution in [-0.2, 0) is 4.74 Å². The Hall–Kier alpha value is -0.0800. The van der Waals surface area contributed by atoms with Gasteiger partial charge in [0.25, 0.3) is 0 Å². The van der Waals surface area contributed by atoms with Crippen LogP contribution in [-0.4, -0.2) is 37.2 Å². The average Bonchev–Trinajstić information content (AvgIpc) is 2.03. The van der Waals surface area contributed by atoms with E-state index >= 15 is 0 Å². The zero-order chi connectivity index (χ0) is 10.0. The van der Waals surface area contributed by atoms with Crippen LogP contribution in [0, 0.1) is 11.8 Å².